The van der Waals surface area contributed by atoms with E-state index < -0.39 is 0 Å². The summed E-state index contributed by atoms with van der Waals surface area (Å²) < 4.78 is 17.8. The lowest BCUT2D eigenvalue weighted by Crippen LogP contribution is -2.41. The van der Waals surface area contributed by atoms with Crippen LogP contribution in [-0.2, 0) is 9.53 Å². The number of esters is 1. The minimum absolute atomic E-state index is 0.120. The van der Waals surface area contributed by atoms with Crippen molar-refractivity contribution < 1.29 is 13.9 Å². The van der Waals surface area contributed by atoms with E-state index in [0.717, 1.165) is 18.5 Å². The van der Waals surface area contributed by atoms with Gasteiger partial charge in [0.25, 0.3) is 0 Å². The molecule has 0 N–H and O–H groups in total. The topological polar surface area (TPSA) is 29.5 Å². The number of rotatable bonds is 2. The number of hydrogen-bond donors (Lipinski definition) is 0. The second-order valence-corrected chi connectivity index (χ2v) is 4.84. The molecule has 0 radical (unpaired) electrons. The molecule has 0 spiro atoms. The van der Waals surface area contributed by atoms with Gasteiger partial charge in [0.15, 0.2) is 0 Å². The van der Waals surface area contributed by atoms with Gasteiger partial charge in [0, 0.05) is 6.54 Å². The lowest BCUT2D eigenvalue weighted by Gasteiger charge is -2.35. The molecule has 1 aliphatic rings. The highest BCUT2D eigenvalue weighted by molar-refractivity contribution is 5.74. The Morgan fingerprint density at radius 2 is 2.06 bits per heavy atom. The standard InChI is InChI=1S/C14H18FNO2/c1-16-8-7-12(13(9-16)14(17)18-2)10-3-5-11(15)6-4-10/h3-6,12-13H,7-9H2,1-2H3/t12-,13?/m1/s1. The van der Waals surface area contributed by atoms with Crippen LogP contribution in [0.4, 0.5) is 4.39 Å². The van der Waals surface area contributed by atoms with Crippen LogP contribution < -0.4 is 0 Å². The molecule has 0 saturated carbocycles. The predicted octanol–water partition coefficient (Wildman–Crippen LogP) is 2.03. The molecule has 1 fully saturated rings. The Morgan fingerprint density at radius 1 is 1.39 bits per heavy atom. The van der Waals surface area contributed by atoms with Gasteiger partial charge in [-0.05, 0) is 43.6 Å². The van der Waals surface area contributed by atoms with Crippen LogP contribution in [0.5, 0.6) is 0 Å². The number of benzene rings is 1. The normalized spacial score (nSPS) is 24.8. The lowest BCUT2D eigenvalue weighted by molar-refractivity contribution is -0.148. The van der Waals surface area contributed by atoms with E-state index in [1.165, 1.54) is 19.2 Å². The Bertz CT molecular complexity index is 418. The Labute approximate surface area is 107 Å². The number of carbonyl (C=O) groups is 1. The van der Waals surface area contributed by atoms with Crippen molar-refractivity contribution in [2.24, 2.45) is 5.92 Å². The second kappa shape index (κ2) is 5.48. The van der Waals surface area contributed by atoms with Gasteiger partial charge < -0.3 is 9.64 Å². The van der Waals surface area contributed by atoms with E-state index in [-0.39, 0.29) is 23.6 Å². The number of ether oxygens (including phenoxy) is 1. The fraction of sp³-hybridized carbons (Fsp3) is 0.500. The highest BCUT2D eigenvalue weighted by Gasteiger charge is 2.34. The van der Waals surface area contributed by atoms with Crippen molar-refractivity contribution in [2.45, 2.75) is 12.3 Å². The number of halogens is 1. The summed E-state index contributed by atoms with van der Waals surface area (Å²) in [4.78, 5) is 14.0. The van der Waals surface area contributed by atoms with Crippen LogP contribution in [0.15, 0.2) is 24.3 Å². The maximum Gasteiger partial charge on any atom is 0.310 e. The molecule has 1 heterocycles. The smallest absolute Gasteiger partial charge is 0.310 e. The zero-order chi connectivity index (χ0) is 13.1. The van der Waals surface area contributed by atoms with Crippen molar-refractivity contribution in [3.63, 3.8) is 0 Å². The van der Waals surface area contributed by atoms with Gasteiger partial charge in [0.2, 0.25) is 0 Å². The van der Waals surface area contributed by atoms with Crippen LogP contribution >= 0.6 is 0 Å². The molecule has 3 nitrogen and oxygen atoms in total. The molecule has 0 amide bonds. The van der Waals surface area contributed by atoms with E-state index >= 15 is 0 Å². The van der Waals surface area contributed by atoms with E-state index in [4.69, 9.17) is 4.74 Å². The van der Waals surface area contributed by atoms with E-state index in [1.807, 2.05) is 7.05 Å². The highest BCUT2D eigenvalue weighted by atomic mass is 19.1. The number of methoxy groups -OCH3 is 1. The van der Waals surface area contributed by atoms with Crippen molar-refractivity contribution in [2.75, 3.05) is 27.2 Å². The maximum absolute atomic E-state index is 12.9. The molecule has 98 valence electrons. The third-order valence-electron chi connectivity index (χ3n) is 3.62. The minimum atomic E-state index is -0.249. The molecular formula is C14H18FNO2. The highest BCUT2D eigenvalue weighted by Crippen LogP contribution is 2.33. The van der Waals surface area contributed by atoms with Gasteiger partial charge in [-0.15, -0.1) is 0 Å². The van der Waals surface area contributed by atoms with Gasteiger partial charge in [-0.1, -0.05) is 12.1 Å². The molecule has 1 aliphatic heterocycles. The summed E-state index contributed by atoms with van der Waals surface area (Å²) in [5, 5.41) is 0. The van der Waals surface area contributed by atoms with Gasteiger partial charge >= 0.3 is 5.97 Å². The van der Waals surface area contributed by atoms with Gasteiger partial charge in [0.05, 0.1) is 13.0 Å². The zero-order valence-corrected chi connectivity index (χ0v) is 10.7. The summed E-state index contributed by atoms with van der Waals surface area (Å²) >= 11 is 0. The minimum Gasteiger partial charge on any atom is -0.469 e. The summed E-state index contributed by atoms with van der Waals surface area (Å²) in [5.74, 6) is -0.481. The fourth-order valence-corrected chi connectivity index (χ4v) is 2.61. The molecule has 0 aliphatic carbocycles. The van der Waals surface area contributed by atoms with Crippen molar-refractivity contribution in [1.29, 1.82) is 0 Å². The van der Waals surface area contributed by atoms with Crippen molar-refractivity contribution in [3.8, 4) is 0 Å². The van der Waals surface area contributed by atoms with Crippen molar-refractivity contribution in [1.82, 2.24) is 4.90 Å². The molecule has 1 aromatic carbocycles. The van der Waals surface area contributed by atoms with E-state index in [9.17, 15) is 9.18 Å². The zero-order valence-electron chi connectivity index (χ0n) is 10.7. The summed E-state index contributed by atoms with van der Waals surface area (Å²) in [6, 6.07) is 6.42. The molecule has 4 heteroatoms. The Hall–Kier alpha value is -1.42. The first kappa shape index (κ1) is 13.0. The predicted molar refractivity (Wildman–Crippen MR) is 66.8 cm³/mol. The molecule has 18 heavy (non-hydrogen) atoms. The monoisotopic (exact) mass is 251 g/mol. The van der Waals surface area contributed by atoms with Gasteiger partial charge in [-0.3, -0.25) is 4.79 Å². The molecule has 1 saturated heterocycles. The average Bonchev–Trinajstić information content (AvgIpc) is 2.39. The van der Waals surface area contributed by atoms with Crippen LogP contribution in [-0.4, -0.2) is 38.1 Å². The summed E-state index contributed by atoms with van der Waals surface area (Å²) in [6.07, 6.45) is 0.891. The average molecular weight is 251 g/mol. The third-order valence-corrected chi connectivity index (χ3v) is 3.62. The number of carbonyl (C=O) groups excluding carboxylic acids is 1. The molecule has 2 atom stereocenters. The number of nitrogens with zero attached hydrogens (tertiary/aromatic N) is 1. The molecule has 2 rings (SSSR count). The largest absolute Gasteiger partial charge is 0.469 e. The summed E-state index contributed by atoms with van der Waals surface area (Å²) in [5.41, 5.74) is 1.01. The molecule has 0 bridgehead atoms. The van der Waals surface area contributed by atoms with Crippen LogP contribution in [0.2, 0.25) is 0 Å². The first-order valence-electron chi connectivity index (χ1n) is 6.13. The Kier molecular flexibility index (Phi) is 3.97. The second-order valence-electron chi connectivity index (χ2n) is 4.84. The Balaban J connectivity index is 2.23. The first-order chi connectivity index (χ1) is 8.61. The van der Waals surface area contributed by atoms with Crippen molar-refractivity contribution >= 4 is 5.97 Å². The summed E-state index contributed by atoms with van der Waals surface area (Å²) in [6.45, 7) is 1.63. The number of piperidine rings is 1. The van der Waals surface area contributed by atoms with E-state index in [2.05, 4.69) is 4.90 Å². The Morgan fingerprint density at radius 3 is 2.67 bits per heavy atom. The lowest BCUT2D eigenvalue weighted by atomic mass is 9.80. The van der Waals surface area contributed by atoms with Crippen LogP contribution in [0.25, 0.3) is 0 Å². The van der Waals surface area contributed by atoms with Gasteiger partial charge in [-0.25, -0.2) is 4.39 Å². The molecule has 1 unspecified atom stereocenters. The van der Waals surface area contributed by atoms with Gasteiger partial charge in [-0.2, -0.15) is 0 Å². The molecular weight excluding hydrogens is 233 g/mol. The maximum atomic E-state index is 12.9. The van der Waals surface area contributed by atoms with Crippen LogP contribution in [0, 0.1) is 11.7 Å². The van der Waals surface area contributed by atoms with Crippen LogP contribution in [0.1, 0.15) is 17.9 Å². The number of hydrogen-bond acceptors (Lipinski definition) is 3. The van der Waals surface area contributed by atoms with E-state index in [0.29, 0.717) is 6.54 Å². The van der Waals surface area contributed by atoms with Gasteiger partial charge in [0.1, 0.15) is 5.82 Å². The van der Waals surface area contributed by atoms with Crippen molar-refractivity contribution in [3.05, 3.63) is 35.6 Å². The summed E-state index contributed by atoms with van der Waals surface area (Å²) in [7, 11) is 3.41. The van der Waals surface area contributed by atoms with E-state index in [1.54, 1.807) is 12.1 Å². The first-order valence-corrected chi connectivity index (χ1v) is 6.13. The molecule has 0 aromatic heterocycles. The fourth-order valence-electron chi connectivity index (χ4n) is 2.61. The number of likely N-dealkylation sites (tertiary alicyclic amines) is 1. The molecule has 1 aromatic rings. The quantitative estimate of drug-likeness (QED) is 0.753. The SMILES string of the molecule is COC(=O)C1CN(C)CC[C@@H]1c1ccc(F)cc1. The third kappa shape index (κ3) is 2.70. The van der Waals surface area contributed by atoms with Crippen LogP contribution in [0.3, 0.4) is 0 Å².